The lowest BCUT2D eigenvalue weighted by Gasteiger charge is -2.44. The molecule has 166 valence electrons. The van der Waals surface area contributed by atoms with E-state index in [1.165, 1.54) is 11.1 Å². The molecule has 0 bridgehead atoms. The minimum absolute atomic E-state index is 0.0398. The summed E-state index contributed by atoms with van der Waals surface area (Å²) in [7, 11) is -3.27. The zero-order chi connectivity index (χ0) is 22.4. The average molecular weight is 441 g/mol. The SMILES string of the molecule is Cc1ccc(C(=O)NC2Cc3ccccc3C23CCN(S(=O)(=O)C(C)C)CC3)c(C)c1. The second-order valence-electron chi connectivity index (χ2n) is 9.35. The lowest BCUT2D eigenvalue weighted by atomic mass is 9.71. The van der Waals surface area contributed by atoms with Crippen LogP contribution < -0.4 is 5.32 Å². The Morgan fingerprint density at radius 1 is 1.10 bits per heavy atom. The van der Waals surface area contributed by atoms with Crippen LogP contribution in [0.1, 0.15) is 59.3 Å². The van der Waals surface area contributed by atoms with Crippen molar-refractivity contribution < 1.29 is 13.2 Å². The number of piperidine rings is 1. The molecular formula is C25H32N2O3S. The van der Waals surface area contributed by atoms with Crippen LogP contribution in [0.2, 0.25) is 0 Å². The fraction of sp³-hybridized carbons (Fsp3) is 0.480. The van der Waals surface area contributed by atoms with Gasteiger partial charge >= 0.3 is 0 Å². The molecule has 31 heavy (non-hydrogen) atoms. The van der Waals surface area contributed by atoms with E-state index in [-0.39, 0.29) is 17.4 Å². The van der Waals surface area contributed by atoms with E-state index >= 15 is 0 Å². The van der Waals surface area contributed by atoms with Crippen LogP contribution in [0.3, 0.4) is 0 Å². The number of sulfonamides is 1. The van der Waals surface area contributed by atoms with Crippen LogP contribution in [-0.4, -0.2) is 43.0 Å². The van der Waals surface area contributed by atoms with Gasteiger partial charge in [-0.3, -0.25) is 4.79 Å². The highest BCUT2D eigenvalue weighted by Crippen LogP contribution is 2.47. The summed E-state index contributed by atoms with van der Waals surface area (Å²) in [6, 6.07) is 14.2. The lowest BCUT2D eigenvalue weighted by Crippen LogP contribution is -2.55. The highest BCUT2D eigenvalue weighted by molar-refractivity contribution is 7.89. The Morgan fingerprint density at radius 3 is 2.42 bits per heavy atom. The number of fused-ring (bicyclic) bond motifs is 2. The van der Waals surface area contributed by atoms with E-state index in [1.807, 2.05) is 44.2 Å². The molecule has 2 aromatic rings. The number of nitrogens with one attached hydrogen (secondary N) is 1. The van der Waals surface area contributed by atoms with Crippen LogP contribution in [-0.2, 0) is 21.9 Å². The van der Waals surface area contributed by atoms with E-state index in [1.54, 1.807) is 18.2 Å². The van der Waals surface area contributed by atoms with Crippen molar-refractivity contribution in [1.82, 2.24) is 9.62 Å². The van der Waals surface area contributed by atoms with Crippen molar-refractivity contribution in [3.8, 4) is 0 Å². The molecule has 5 nitrogen and oxygen atoms in total. The van der Waals surface area contributed by atoms with E-state index in [9.17, 15) is 13.2 Å². The standard InChI is InChI=1S/C25H32N2O3S/c1-17(2)31(29,30)27-13-11-25(12-14-27)22-8-6-5-7-20(22)16-23(25)26-24(28)21-10-9-18(3)15-19(21)4/h5-10,15,17,23H,11-14,16H2,1-4H3,(H,26,28). The summed E-state index contributed by atoms with van der Waals surface area (Å²) in [4.78, 5) is 13.2. The molecule has 0 aromatic heterocycles. The summed E-state index contributed by atoms with van der Waals surface area (Å²) in [5.74, 6) is -0.0492. The van der Waals surface area contributed by atoms with E-state index in [0.717, 1.165) is 17.5 Å². The van der Waals surface area contributed by atoms with Crippen molar-refractivity contribution in [2.24, 2.45) is 0 Å². The Kier molecular flexibility index (Phi) is 5.73. The monoisotopic (exact) mass is 440 g/mol. The van der Waals surface area contributed by atoms with Crippen molar-refractivity contribution in [3.63, 3.8) is 0 Å². The van der Waals surface area contributed by atoms with Gasteiger partial charge in [-0.05, 0) is 69.7 Å². The quantitative estimate of drug-likeness (QED) is 0.788. The fourth-order valence-corrected chi connectivity index (χ4v) is 6.62. The Hall–Kier alpha value is -2.18. The second kappa shape index (κ2) is 8.06. The number of benzene rings is 2. The minimum atomic E-state index is -3.27. The molecule has 2 aromatic carbocycles. The van der Waals surface area contributed by atoms with Gasteiger partial charge in [-0.1, -0.05) is 42.0 Å². The molecule has 0 saturated carbocycles. The lowest BCUT2D eigenvalue weighted by molar-refractivity contribution is 0.0896. The Balaban J connectivity index is 1.62. The first-order chi connectivity index (χ1) is 14.6. The molecule has 6 heteroatoms. The summed E-state index contributed by atoms with van der Waals surface area (Å²) >= 11 is 0. The molecule has 0 radical (unpaired) electrons. The molecule has 4 rings (SSSR count). The average Bonchev–Trinajstić information content (AvgIpc) is 3.01. The van der Waals surface area contributed by atoms with E-state index < -0.39 is 15.3 Å². The maximum atomic E-state index is 13.2. The van der Waals surface area contributed by atoms with E-state index in [0.29, 0.717) is 31.5 Å². The predicted octanol–water partition coefficient (Wildman–Crippen LogP) is 3.73. The van der Waals surface area contributed by atoms with Gasteiger partial charge in [-0.15, -0.1) is 0 Å². The molecule has 1 aliphatic heterocycles. The Morgan fingerprint density at radius 2 is 1.77 bits per heavy atom. The topological polar surface area (TPSA) is 66.5 Å². The largest absolute Gasteiger partial charge is 0.348 e. The molecular weight excluding hydrogens is 408 g/mol. The van der Waals surface area contributed by atoms with Gasteiger partial charge in [0.1, 0.15) is 0 Å². The van der Waals surface area contributed by atoms with Crippen LogP contribution in [0.4, 0.5) is 0 Å². The summed E-state index contributed by atoms with van der Waals surface area (Å²) in [6.45, 7) is 8.44. The number of nitrogens with zero attached hydrogens (tertiary/aromatic N) is 1. The highest BCUT2D eigenvalue weighted by Gasteiger charge is 2.50. The third-order valence-corrected chi connectivity index (χ3v) is 9.42. The molecule has 2 aliphatic rings. The van der Waals surface area contributed by atoms with Crippen LogP contribution in [0, 0.1) is 13.8 Å². The second-order valence-corrected chi connectivity index (χ2v) is 11.8. The first-order valence-electron chi connectivity index (χ1n) is 11.1. The van der Waals surface area contributed by atoms with Crippen molar-refractivity contribution in [2.75, 3.05) is 13.1 Å². The van der Waals surface area contributed by atoms with Crippen LogP contribution in [0.15, 0.2) is 42.5 Å². The number of carbonyl (C=O) groups is 1. The molecule has 1 saturated heterocycles. The predicted molar refractivity (Wildman–Crippen MR) is 124 cm³/mol. The molecule has 1 unspecified atom stereocenters. The van der Waals surface area contributed by atoms with Gasteiger partial charge in [0.2, 0.25) is 10.0 Å². The molecule has 1 fully saturated rings. The fourth-order valence-electron chi connectivity index (χ4n) is 5.34. The van der Waals surface area contributed by atoms with E-state index in [2.05, 4.69) is 17.4 Å². The van der Waals surface area contributed by atoms with Gasteiger partial charge in [0.05, 0.1) is 5.25 Å². The molecule has 1 spiro atoms. The highest BCUT2D eigenvalue weighted by atomic mass is 32.2. The normalized spacial score (nSPS) is 20.7. The summed E-state index contributed by atoms with van der Waals surface area (Å²) < 4.78 is 27.0. The zero-order valence-electron chi connectivity index (χ0n) is 18.8. The first-order valence-corrected chi connectivity index (χ1v) is 12.6. The third-order valence-electron chi connectivity index (χ3n) is 7.15. The molecule has 1 aliphatic carbocycles. The van der Waals surface area contributed by atoms with Crippen LogP contribution in [0.5, 0.6) is 0 Å². The van der Waals surface area contributed by atoms with Crippen molar-refractivity contribution in [2.45, 2.75) is 63.7 Å². The number of amides is 1. The van der Waals surface area contributed by atoms with Crippen LogP contribution in [0.25, 0.3) is 0 Å². The summed E-state index contributed by atoms with van der Waals surface area (Å²) in [5, 5.41) is 2.91. The Bertz CT molecular complexity index is 1100. The zero-order valence-corrected chi connectivity index (χ0v) is 19.6. The first kappa shape index (κ1) is 22.0. The van der Waals surface area contributed by atoms with Crippen LogP contribution >= 0.6 is 0 Å². The maximum Gasteiger partial charge on any atom is 0.251 e. The molecule has 1 atom stereocenters. The summed E-state index contributed by atoms with van der Waals surface area (Å²) in [5.41, 5.74) is 5.11. The van der Waals surface area contributed by atoms with Crippen molar-refractivity contribution in [1.29, 1.82) is 0 Å². The van der Waals surface area contributed by atoms with Gasteiger partial charge in [-0.25, -0.2) is 12.7 Å². The molecule has 1 N–H and O–H groups in total. The number of carbonyl (C=O) groups excluding carboxylic acids is 1. The molecule has 1 amide bonds. The minimum Gasteiger partial charge on any atom is -0.348 e. The molecule has 1 heterocycles. The number of hydrogen-bond donors (Lipinski definition) is 1. The van der Waals surface area contributed by atoms with Gasteiger partial charge in [-0.2, -0.15) is 0 Å². The van der Waals surface area contributed by atoms with E-state index in [4.69, 9.17) is 0 Å². The van der Waals surface area contributed by atoms with Gasteiger partial charge in [0.25, 0.3) is 5.91 Å². The number of hydrogen-bond acceptors (Lipinski definition) is 3. The third kappa shape index (κ3) is 3.80. The summed E-state index contributed by atoms with van der Waals surface area (Å²) in [6.07, 6.45) is 2.21. The van der Waals surface area contributed by atoms with Gasteiger partial charge in [0.15, 0.2) is 0 Å². The number of aryl methyl sites for hydroxylation is 2. The van der Waals surface area contributed by atoms with Gasteiger partial charge in [0, 0.05) is 30.1 Å². The maximum absolute atomic E-state index is 13.2. The smallest absolute Gasteiger partial charge is 0.251 e. The van der Waals surface area contributed by atoms with Crippen molar-refractivity contribution in [3.05, 3.63) is 70.3 Å². The number of rotatable bonds is 4. The van der Waals surface area contributed by atoms with Crippen molar-refractivity contribution >= 4 is 15.9 Å². The Labute approximate surface area is 185 Å². The van der Waals surface area contributed by atoms with Gasteiger partial charge < -0.3 is 5.32 Å².